The predicted octanol–water partition coefficient (Wildman–Crippen LogP) is 2.46. The van der Waals surface area contributed by atoms with Crippen LogP contribution in [-0.2, 0) is 12.8 Å². The zero-order valence-corrected chi connectivity index (χ0v) is 11.2. The highest BCUT2D eigenvalue weighted by molar-refractivity contribution is 5.29. The molecule has 0 spiro atoms. The monoisotopic (exact) mass is 233 g/mol. The summed E-state index contributed by atoms with van der Waals surface area (Å²) in [4.78, 5) is 9.03. The molecular weight excluding hydrogens is 210 g/mol. The maximum absolute atomic E-state index is 4.55. The summed E-state index contributed by atoms with van der Waals surface area (Å²) >= 11 is 0. The molecule has 17 heavy (non-hydrogen) atoms. The van der Waals surface area contributed by atoms with Gasteiger partial charge in [0.2, 0.25) is 0 Å². The summed E-state index contributed by atoms with van der Waals surface area (Å²) in [5.74, 6) is 0.454. The van der Waals surface area contributed by atoms with Crippen molar-refractivity contribution in [2.45, 2.75) is 57.9 Å². The second kappa shape index (κ2) is 5.58. The highest BCUT2D eigenvalue weighted by atomic mass is 14.9. The van der Waals surface area contributed by atoms with Gasteiger partial charge in [-0.2, -0.15) is 0 Å². The summed E-state index contributed by atoms with van der Waals surface area (Å²) in [5.41, 5.74) is 3.99. The lowest BCUT2D eigenvalue weighted by Gasteiger charge is -2.22. The quantitative estimate of drug-likeness (QED) is 0.815. The van der Waals surface area contributed by atoms with Gasteiger partial charge in [0.15, 0.2) is 0 Å². The van der Waals surface area contributed by atoms with E-state index >= 15 is 0 Å². The van der Waals surface area contributed by atoms with Crippen LogP contribution in [0.4, 0.5) is 0 Å². The van der Waals surface area contributed by atoms with Crippen LogP contribution in [0.3, 0.4) is 0 Å². The zero-order valence-electron chi connectivity index (χ0n) is 11.2. The third kappa shape index (κ3) is 2.65. The van der Waals surface area contributed by atoms with Gasteiger partial charge in [0, 0.05) is 17.7 Å². The Bertz CT molecular complexity index is 376. The van der Waals surface area contributed by atoms with Crippen molar-refractivity contribution in [3.63, 3.8) is 0 Å². The molecule has 0 bridgehead atoms. The standard InChI is InChI=1S/C14H23N3/c1-10(11(2)15-3)14-12-7-5-4-6-8-13(12)16-9-17-14/h9-11,15H,4-8H2,1-3H3. The fourth-order valence-corrected chi connectivity index (χ4v) is 2.60. The van der Waals surface area contributed by atoms with Crippen LogP contribution < -0.4 is 5.32 Å². The van der Waals surface area contributed by atoms with Gasteiger partial charge in [-0.3, -0.25) is 0 Å². The number of aromatic nitrogens is 2. The number of fused-ring (bicyclic) bond motifs is 1. The van der Waals surface area contributed by atoms with E-state index in [-0.39, 0.29) is 0 Å². The SMILES string of the molecule is CNC(C)C(C)c1ncnc2c1CCCCC2. The fourth-order valence-electron chi connectivity index (χ4n) is 2.60. The van der Waals surface area contributed by atoms with Gasteiger partial charge in [0.1, 0.15) is 6.33 Å². The molecule has 0 radical (unpaired) electrons. The summed E-state index contributed by atoms with van der Waals surface area (Å²) in [6.45, 7) is 4.48. The summed E-state index contributed by atoms with van der Waals surface area (Å²) < 4.78 is 0. The number of likely N-dealkylation sites (N-methyl/N-ethyl adjacent to an activating group) is 1. The molecule has 3 heteroatoms. The minimum atomic E-state index is 0.454. The van der Waals surface area contributed by atoms with Crippen molar-refractivity contribution in [1.29, 1.82) is 0 Å². The Morgan fingerprint density at radius 3 is 2.65 bits per heavy atom. The number of nitrogens with one attached hydrogen (secondary N) is 1. The van der Waals surface area contributed by atoms with Gasteiger partial charge < -0.3 is 5.32 Å². The van der Waals surface area contributed by atoms with Crippen molar-refractivity contribution in [3.8, 4) is 0 Å². The number of hydrogen-bond donors (Lipinski definition) is 1. The Morgan fingerprint density at radius 1 is 1.12 bits per heavy atom. The van der Waals surface area contributed by atoms with Crippen LogP contribution in [0.2, 0.25) is 0 Å². The molecule has 1 aliphatic rings. The van der Waals surface area contributed by atoms with E-state index in [2.05, 4.69) is 29.1 Å². The molecule has 94 valence electrons. The zero-order chi connectivity index (χ0) is 12.3. The third-order valence-corrected chi connectivity index (χ3v) is 4.04. The van der Waals surface area contributed by atoms with E-state index in [1.165, 1.54) is 36.2 Å². The average molecular weight is 233 g/mol. The topological polar surface area (TPSA) is 37.8 Å². The van der Waals surface area contributed by atoms with E-state index in [0.717, 1.165) is 12.8 Å². The van der Waals surface area contributed by atoms with Gasteiger partial charge in [-0.25, -0.2) is 9.97 Å². The van der Waals surface area contributed by atoms with Crippen LogP contribution in [0.1, 0.15) is 56.0 Å². The molecule has 0 saturated carbocycles. The van der Waals surface area contributed by atoms with Crippen LogP contribution >= 0.6 is 0 Å². The Morgan fingerprint density at radius 2 is 1.88 bits per heavy atom. The Balaban J connectivity index is 2.34. The molecule has 3 nitrogen and oxygen atoms in total. The van der Waals surface area contributed by atoms with E-state index in [9.17, 15) is 0 Å². The molecule has 2 unspecified atom stereocenters. The normalized spacial score (nSPS) is 19.2. The summed E-state index contributed by atoms with van der Waals surface area (Å²) in [5, 5.41) is 3.33. The Kier molecular flexibility index (Phi) is 4.11. The first-order chi connectivity index (χ1) is 8.24. The van der Waals surface area contributed by atoms with Gasteiger partial charge >= 0.3 is 0 Å². The van der Waals surface area contributed by atoms with Crippen molar-refractivity contribution in [3.05, 3.63) is 23.3 Å². The summed E-state index contributed by atoms with van der Waals surface area (Å²) in [7, 11) is 2.01. The first-order valence-electron chi connectivity index (χ1n) is 6.74. The van der Waals surface area contributed by atoms with Crippen LogP contribution in [0.15, 0.2) is 6.33 Å². The molecule has 0 amide bonds. The molecule has 1 heterocycles. The number of aryl methyl sites for hydroxylation is 1. The first kappa shape index (κ1) is 12.5. The molecule has 0 aliphatic heterocycles. The average Bonchev–Trinajstić information content (AvgIpc) is 2.61. The lowest BCUT2D eigenvalue weighted by Crippen LogP contribution is -2.28. The lowest BCUT2D eigenvalue weighted by atomic mass is 9.93. The fraction of sp³-hybridized carbons (Fsp3) is 0.714. The summed E-state index contributed by atoms with van der Waals surface area (Å²) in [6.07, 6.45) is 7.93. The molecule has 0 saturated heterocycles. The third-order valence-electron chi connectivity index (χ3n) is 4.04. The van der Waals surface area contributed by atoms with E-state index in [1.54, 1.807) is 6.33 Å². The van der Waals surface area contributed by atoms with Gasteiger partial charge in [-0.05, 0) is 45.2 Å². The molecule has 0 fully saturated rings. The van der Waals surface area contributed by atoms with Crippen molar-refractivity contribution in [2.75, 3.05) is 7.05 Å². The van der Waals surface area contributed by atoms with E-state index in [1.807, 2.05) is 7.05 Å². The highest BCUT2D eigenvalue weighted by Crippen LogP contribution is 2.27. The maximum Gasteiger partial charge on any atom is 0.115 e. The van der Waals surface area contributed by atoms with E-state index in [4.69, 9.17) is 0 Å². The molecule has 0 aromatic carbocycles. The lowest BCUT2D eigenvalue weighted by molar-refractivity contribution is 0.509. The number of rotatable bonds is 3. The molecule has 1 aliphatic carbocycles. The predicted molar refractivity (Wildman–Crippen MR) is 70.2 cm³/mol. The second-order valence-electron chi connectivity index (χ2n) is 5.11. The van der Waals surface area contributed by atoms with Crippen LogP contribution in [0.5, 0.6) is 0 Å². The van der Waals surface area contributed by atoms with Crippen molar-refractivity contribution < 1.29 is 0 Å². The molecule has 1 aromatic rings. The van der Waals surface area contributed by atoms with Gasteiger partial charge in [-0.1, -0.05) is 13.3 Å². The van der Waals surface area contributed by atoms with Crippen molar-refractivity contribution in [2.24, 2.45) is 0 Å². The van der Waals surface area contributed by atoms with Crippen LogP contribution in [0, 0.1) is 0 Å². The Labute approximate surface area is 104 Å². The smallest absolute Gasteiger partial charge is 0.115 e. The molecule has 2 rings (SSSR count). The van der Waals surface area contributed by atoms with E-state index in [0.29, 0.717) is 12.0 Å². The van der Waals surface area contributed by atoms with Gasteiger partial charge in [0.25, 0.3) is 0 Å². The molecule has 2 atom stereocenters. The van der Waals surface area contributed by atoms with Crippen LogP contribution in [-0.4, -0.2) is 23.1 Å². The number of hydrogen-bond acceptors (Lipinski definition) is 3. The second-order valence-corrected chi connectivity index (χ2v) is 5.11. The minimum absolute atomic E-state index is 0.454. The van der Waals surface area contributed by atoms with Crippen LogP contribution in [0.25, 0.3) is 0 Å². The van der Waals surface area contributed by atoms with Gasteiger partial charge in [-0.15, -0.1) is 0 Å². The number of nitrogens with zero attached hydrogens (tertiary/aromatic N) is 2. The molecular formula is C14H23N3. The van der Waals surface area contributed by atoms with Crippen molar-refractivity contribution >= 4 is 0 Å². The first-order valence-corrected chi connectivity index (χ1v) is 6.74. The maximum atomic E-state index is 4.55. The minimum Gasteiger partial charge on any atom is -0.317 e. The van der Waals surface area contributed by atoms with E-state index < -0.39 is 0 Å². The summed E-state index contributed by atoms with van der Waals surface area (Å²) in [6, 6.07) is 0.456. The molecule has 1 aromatic heterocycles. The highest BCUT2D eigenvalue weighted by Gasteiger charge is 2.21. The van der Waals surface area contributed by atoms with Gasteiger partial charge in [0.05, 0.1) is 5.69 Å². The van der Waals surface area contributed by atoms with Crippen molar-refractivity contribution in [1.82, 2.24) is 15.3 Å². The molecule has 1 N–H and O–H groups in total. The largest absolute Gasteiger partial charge is 0.317 e. The Hall–Kier alpha value is -0.960.